The van der Waals surface area contributed by atoms with Gasteiger partial charge < -0.3 is 19.7 Å². The molecule has 112 valence electrons. The molecule has 2 fully saturated rings. The monoisotopic (exact) mass is 289 g/mol. The SMILES string of the molecule is O[C@H]1[C@H]2c3cc4c(cc3CN3CC[C@@H](C[C@@H]1O)[C@@H]23)OCO4. The molecule has 21 heavy (non-hydrogen) atoms. The van der Waals surface area contributed by atoms with E-state index in [4.69, 9.17) is 9.47 Å². The molecule has 5 atom stereocenters. The zero-order valence-corrected chi connectivity index (χ0v) is 11.7. The van der Waals surface area contributed by atoms with Gasteiger partial charge in [0.2, 0.25) is 6.79 Å². The third-order valence-electron chi connectivity index (χ3n) is 5.73. The van der Waals surface area contributed by atoms with Crippen LogP contribution in [0.3, 0.4) is 0 Å². The molecule has 0 bridgehead atoms. The van der Waals surface area contributed by atoms with Crippen molar-refractivity contribution in [3.05, 3.63) is 23.3 Å². The van der Waals surface area contributed by atoms with Crippen LogP contribution in [0.2, 0.25) is 0 Å². The Morgan fingerprint density at radius 3 is 2.81 bits per heavy atom. The fourth-order valence-corrected chi connectivity index (χ4v) is 4.84. The predicted molar refractivity (Wildman–Crippen MR) is 74.2 cm³/mol. The van der Waals surface area contributed by atoms with E-state index in [2.05, 4.69) is 11.0 Å². The zero-order valence-electron chi connectivity index (χ0n) is 11.7. The van der Waals surface area contributed by atoms with Crippen LogP contribution in [0.25, 0.3) is 0 Å². The number of fused-ring (bicyclic) bond motifs is 3. The minimum Gasteiger partial charge on any atom is -0.454 e. The van der Waals surface area contributed by atoms with E-state index < -0.39 is 12.2 Å². The second-order valence-electron chi connectivity index (χ2n) is 6.73. The van der Waals surface area contributed by atoms with Gasteiger partial charge in [-0.3, -0.25) is 4.90 Å². The maximum Gasteiger partial charge on any atom is 0.231 e. The minimum atomic E-state index is -0.689. The van der Waals surface area contributed by atoms with Crippen molar-refractivity contribution in [2.45, 2.75) is 43.6 Å². The van der Waals surface area contributed by atoms with Gasteiger partial charge in [-0.1, -0.05) is 0 Å². The van der Waals surface area contributed by atoms with E-state index in [9.17, 15) is 10.2 Å². The maximum atomic E-state index is 10.6. The highest BCUT2D eigenvalue weighted by atomic mass is 16.7. The normalized spacial score (nSPS) is 40.0. The van der Waals surface area contributed by atoms with Crippen LogP contribution >= 0.6 is 0 Å². The Hall–Kier alpha value is -1.30. The van der Waals surface area contributed by atoms with Gasteiger partial charge in [0.15, 0.2) is 11.5 Å². The summed E-state index contributed by atoms with van der Waals surface area (Å²) in [5, 5.41) is 20.8. The lowest BCUT2D eigenvalue weighted by atomic mass is 9.68. The number of aliphatic hydroxyl groups excluding tert-OH is 2. The van der Waals surface area contributed by atoms with Crippen LogP contribution in [0.15, 0.2) is 12.1 Å². The highest BCUT2D eigenvalue weighted by Crippen LogP contribution is 2.51. The van der Waals surface area contributed by atoms with Gasteiger partial charge in [-0.15, -0.1) is 0 Å². The molecular formula is C16H19NO4. The van der Waals surface area contributed by atoms with E-state index in [0.29, 0.717) is 12.0 Å². The van der Waals surface area contributed by atoms with Gasteiger partial charge in [0, 0.05) is 18.5 Å². The Kier molecular flexibility index (Phi) is 2.41. The third-order valence-corrected chi connectivity index (χ3v) is 5.73. The molecule has 0 radical (unpaired) electrons. The fraction of sp³-hybridized carbons (Fsp3) is 0.625. The van der Waals surface area contributed by atoms with Crippen LogP contribution in [0.4, 0.5) is 0 Å². The molecule has 5 heteroatoms. The highest BCUT2D eigenvalue weighted by molar-refractivity contribution is 5.52. The molecule has 4 aliphatic rings. The molecular weight excluding hydrogens is 270 g/mol. The van der Waals surface area contributed by atoms with Crippen LogP contribution in [-0.4, -0.2) is 46.7 Å². The van der Waals surface area contributed by atoms with Gasteiger partial charge in [0.25, 0.3) is 0 Å². The van der Waals surface area contributed by atoms with Crippen molar-refractivity contribution in [2.24, 2.45) is 5.92 Å². The second-order valence-corrected chi connectivity index (χ2v) is 6.73. The van der Waals surface area contributed by atoms with E-state index in [-0.39, 0.29) is 12.7 Å². The van der Waals surface area contributed by atoms with Gasteiger partial charge >= 0.3 is 0 Å². The van der Waals surface area contributed by atoms with Crippen molar-refractivity contribution in [1.82, 2.24) is 4.90 Å². The number of nitrogens with zero attached hydrogens (tertiary/aromatic N) is 1. The number of hydrogen-bond donors (Lipinski definition) is 2. The zero-order chi connectivity index (χ0) is 14.1. The van der Waals surface area contributed by atoms with Crippen molar-refractivity contribution in [3.63, 3.8) is 0 Å². The standard InChI is InChI=1S/C16H19NO4/c18-11-3-8-1-2-17-6-9-4-12-13(21-7-20-12)5-10(9)14(15(8)17)16(11)19/h4-5,8,11,14-16,18-19H,1-3,6-7H2/t8-,11-,14-,15-,16+/m0/s1. The lowest BCUT2D eigenvalue weighted by Crippen LogP contribution is -2.53. The summed E-state index contributed by atoms with van der Waals surface area (Å²) in [6, 6.07) is 4.43. The van der Waals surface area contributed by atoms with Crippen LogP contribution < -0.4 is 9.47 Å². The van der Waals surface area contributed by atoms with Crippen molar-refractivity contribution >= 4 is 0 Å². The summed E-state index contributed by atoms with van der Waals surface area (Å²) in [6.45, 7) is 2.23. The van der Waals surface area contributed by atoms with E-state index in [1.165, 1.54) is 5.56 Å². The summed E-state index contributed by atoms with van der Waals surface area (Å²) in [4.78, 5) is 2.47. The molecule has 0 unspecified atom stereocenters. The Labute approximate surface area is 123 Å². The Morgan fingerprint density at radius 1 is 1.14 bits per heavy atom. The van der Waals surface area contributed by atoms with E-state index in [1.54, 1.807) is 0 Å². The number of hydrogen-bond acceptors (Lipinski definition) is 5. The lowest BCUT2D eigenvalue weighted by molar-refractivity contribution is -0.0657. The van der Waals surface area contributed by atoms with Crippen LogP contribution in [-0.2, 0) is 6.54 Å². The van der Waals surface area contributed by atoms with Gasteiger partial charge in [0.1, 0.15) is 0 Å². The summed E-state index contributed by atoms with van der Waals surface area (Å²) < 4.78 is 11.0. The van der Waals surface area contributed by atoms with Crippen molar-refractivity contribution in [1.29, 1.82) is 0 Å². The van der Waals surface area contributed by atoms with Crippen LogP contribution in [0, 0.1) is 5.92 Å². The molecule has 1 aromatic rings. The first-order valence-corrected chi connectivity index (χ1v) is 7.75. The minimum absolute atomic E-state index is 0.0144. The molecule has 2 N–H and O–H groups in total. The molecule has 1 saturated heterocycles. The Morgan fingerprint density at radius 2 is 1.95 bits per heavy atom. The fourth-order valence-electron chi connectivity index (χ4n) is 4.84. The highest BCUT2D eigenvalue weighted by Gasteiger charge is 2.52. The first-order chi connectivity index (χ1) is 10.2. The van der Waals surface area contributed by atoms with Crippen LogP contribution in [0.1, 0.15) is 29.9 Å². The summed E-state index contributed by atoms with van der Waals surface area (Å²) in [5.41, 5.74) is 2.34. The van der Waals surface area contributed by atoms with E-state index in [0.717, 1.165) is 43.0 Å². The topological polar surface area (TPSA) is 62.2 Å². The van der Waals surface area contributed by atoms with Gasteiger partial charge in [-0.2, -0.15) is 0 Å². The summed E-state index contributed by atoms with van der Waals surface area (Å²) >= 11 is 0. The Bertz CT molecular complexity index is 604. The molecule has 1 aromatic carbocycles. The van der Waals surface area contributed by atoms with Gasteiger partial charge in [-0.25, -0.2) is 0 Å². The Balaban J connectivity index is 1.66. The smallest absolute Gasteiger partial charge is 0.231 e. The van der Waals surface area contributed by atoms with Crippen LogP contribution in [0.5, 0.6) is 11.5 Å². The molecule has 0 spiro atoms. The molecule has 0 amide bonds. The first kappa shape index (κ1) is 12.3. The summed E-state index contributed by atoms with van der Waals surface area (Å²) in [6.07, 6.45) is 0.531. The molecule has 1 saturated carbocycles. The van der Waals surface area contributed by atoms with Gasteiger partial charge in [0.05, 0.1) is 12.2 Å². The number of aliphatic hydroxyl groups is 2. The molecule has 1 aliphatic carbocycles. The quantitative estimate of drug-likeness (QED) is 0.741. The van der Waals surface area contributed by atoms with E-state index >= 15 is 0 Å². The number of ether oxygens (including phenoxy) is 2. The van der Waals surface area contributed by atoms with Crippen molar-refractivity contribution < 1.29 is 19.7 Å². The lowest BCUT2D eigenvalue weighted by Gasteiger charge is -2.47. The maximum absolute atomic E-state index is 10.6. The molecule has 5 nitrogen and oxygen atoms in total. The average Bonchev–Trinajstić information content (AvgIpc) is 3.08. The molecule has 0 aromatic heterocycles. The van der Waals surface area contributed by atoms with E-state index in [1.807, 2.05) is 6.07 Å². The van der Waals surface area contributed by atoms with Crippen molar-refractivity contribution in [2.75, 3.05) is 13.3 Å². The predicted octanol–water partition coefficient (Wildman–Crippen LogP) is 0.828. The third kappa shape index (κ3) is 1.57. The number of rotatable bonds is 0. The molecule has 3 heterocycles. The number of benzene rings is 1. The second kappa shape index (κ2) is 4.12. The first-order valence-electron chi connectivity index (χ1n) is 7.75. The summed E-state index contributed by atoms with van der Waals surface area (Å²) in [5.74, 6) is 2.05. The average molecular weight is 289 g/mol. The van der Waals surface area contributed by atoms with Crippen molar-refractivity contribution in [3.8, 4) is 11.5 Å². The summed E-state index contributed by atoms with van der Waals surface area (Å²) in [7, 11) is 0. The van der Waals surface area contributed by atoms with Gasteiger partial charge in [-0.05, 0) is 48.6 Å². The molecule has 3 aliphatic heterocycles. The molecule has 5 rings (SSSR count). The largest absolute Gasteiger partial charge is 0.454 e.